The second-order valence-electron chi connectivity index (χ2n) is 4.04. The summed E-state index contributed by atoms with van der Waals surface area (Å²) in [5.41, 5.74) is 0. The van der Waals surface area contributed by atoms with E-state index in [1.165, 1.54) is 9.75 Å². The van der Waals surface area contributed by atoms with Gasteiger partial charge in [0.25, 0.3) is 0 Å². The Kier molecular flexibility index (Phi) is 2.81. The maximum Gasteiger partial charge on any atom is 0.0794 e. The van der Waals surface area contributed by atoms with Crippen LogP contribution in [0.3, 0.4) is 0 Å². The van der Waals surface area contributed by atoms with E-state index in [1.54, 1.807) is 22.7 Å². The van der Waals surface area contributed by atoms with E-state index in [4.69, 9.17) is 0 Å². The Morgan fingerprint density at radius 1 is 1.12 bits per heavy atom. The van der Waals surface area contributed by atoms with E-state index in [-0.39, 0.29) is 6.10 Å². The van der Waals surface area contributed by atoms with E-state index < -0.39 is 0 Å². The summed E-state index contributed by atoms with van der Waals surface area (Å²) in [6, 6.07) is 8.90. The van der Waals surface area contributed by atoms with Gasteiger partial charge in [-0.2, -0.15) is 0 Å². The standard InChI is InChI=1S/C12H13NOS2/c14-9-7-13(8-9)12(10-3-1-5-15-10)11-4-2-6-16-11/h1-6,9,12,14H,7-8H2. The third kappa shape index (κ3) is 1.82. The monoisotopic (exact) mass is 251 g/mol. The molecule has 84 valence electrons. The van der Waals surface area contributed by atoms with Gasteiger partial charge in [-0.3, -0.25) is 4.90 Å². The van der Waals surface area contributed by atoms with E-state index in [0.29, 0.717) is 6.04 Å². The summed E-state index contributed by atoms with van der Waals surface area (Å²) in [7, 11) is 0. The quantitative estimate of drug-likeness (QED) is 0.906. The van der Waals surface area contributed by atoms with E-state index >= 15 is 0 Å². The zero-order valence-electron chi connectivity index (χ0n) is 8.74. The molecule has 1 fully saturated rings. The van der Waals surface area contributed by atoms with Gasteiger partial charge in [-0.15, -0.1) is 22.7 Å². The topological polar surface area (TPSA) is 23.5 Å². The molecule has 0 aliphatic carbocycles. The SMILES string of the molecule is OC1CN(C(c2cccs2)c2cccs2)C1. The molecule has 0 aromatic carbocycles. The first kappa shape index (κ1) is 10.5. The predicted octanol–water partition coefficient (Wildman–Crippen LogP) is 2.58. The summed E-state index contributed by atoms with van der Waals surface area (Å²) in [5.74, 6) is 0. The maximum absolute atomic E-state index is 9.43. The van der Waals surface area contributed by atoms with Crippen molar-refractivity contribution in [2.75, 3.05) is 13.1 Å². The zero-order valence-corrected chi connectivity index (χ0v) is 10.4. The van der Waals surface area contributed by atoms with Crippen molar-refractivity contribution in [2.45, 2.75) is 12.1 Å². The minimum atomic E-state index is -0.137. The first-order chi connectivity index (χ1) is 7.84. The van der Waals surface area contributed by atoms with Gasteiger partial charge in [-0.05, 0) is 22.9 Å². The number of hydrogen-bond donors (Lipinski definition) is 1. The fourth-order valence-electron chi connectivity index (χ4n) is 2.09. The van der Waals surface area contributed by atoms with Crippen LogP contribution >= 0.6 is 22.7 Å². The second kappa shape index (κ2) is 4.30. The average Bonchev–Trinajstić information content (AvgIpc) is 2.86. The molecule has 1 N–H and O–H groups in total. The summed E-state index contributed by atoms with van der Waals surface area (Å²) in [6.07, 6.45) is -0.137. The van der Waals surface area contributed by atoms with Crippen molar-refractivity contribution >= 4 is 22.7 Å². The number of nitrogens with zero attached hydrogens (tertiary/aromatic N) is 1. The molecule has 16 heavy (non-hydrogen) atoms. The highest BCUT2D eigenvalue weighted by atomic mass is 32.1. The van der Waals surface area contributed by atoms with E-state index in [2.05, 4.69) is 39.9 Å². The van der Waals surface area contributed by atoms with Gasteiger partial charge in [0.15, 0.2) is 0 Å². The number of hydrogen-bond acceptors (Lipinski definition) is 4. The lowest BCUT2D eigenvalue weighted by Crippen LogP contribution is -2.52. The molecule has 0 unspecified atom stereocenters. The zero-order chi connectivity index (χ0) is 11.0. The molecule has 0 saturated carbocycles. The van der Waals surface area contributed by atoms with Crippen molar-refractivity contribution in [1.29, 1.82) is 0 Å². The lowest BCUT2D eigenvalue weighted by atomic mass is 10.1. The number of β-amino-alcohol motifs (C(OH)–C–C–N with tert-alkyl or cyclic N) is 1. The molecule has 2 nitrogen and oxygen atoms in total. The number of aliphatic hydroxyl groups excluding tert-OH is 1. The Morgan fingerprint density at radius 2 is 1.69 bits per heavy atom. The summed E-state index contributed by atoms with van der Waals surface area (Å²) in [4.78, 5) is 5.08. The number of thiophene rings is 2. The van der Waals surface area contributed by atoms with E-state index in [1.807, 2.05) is 0 Å². The number of rotatable bonds is 3. The molecule has 0 amide bonds. The third-order valence-corrected chi connectivity index (χ3v) is 4.73. The van der Waals surface area contributed by atoms with Gasteiger partial charge < -0.3 is 5.11 Å². The number of aliphatic hydroxyl groups is 1. The van der Waals surface area contributed by atoms with Crippen molar-refractivity contribution in [1.82, 2.24) is 4.90 Å². The molecule has 3 rings (SSSR count). The molecule has 0 radical (unpaired) electrons. The van der Waals surface area contributed by atoms with Gasteiger partial charge in [0.1, 0.15) is 0 Å². The van der Waals surface area contributed by atoms with Gasteiger partial charge in [0.05, 0.1) is 12.1 Å². The van der Waals surface area contributed by atoms with Crippen LogP contribution in [-0.4, -0.2) is 29.2 Å². The Morgan fingerprint density at radius 3 is 2.06 bits per heavy atom. The molecule has 1 aliphatic rings. The summed E-state index contributed by atoms with van der Waals surface area (Å²) in [5, 5.41) is 13.7. The van der Waals surface area contributed by atoms with Crippen molar-refractivity contribution in [3.05, 3.63) is 44.8 Å². The molecular formula is C12H13NOS2. The molecule has 0 atom stereocenters. The predicted molar refractivity (Wildman–Crippen MR) is 68.1 cm³/mol. The third-order valence-electron chi connectivity index (χ3n) is 2.88. The summed E-state index contributed by atoms with van der Waals surface area (Å²) in [6.45, 7) is 1.58. The van der Waals surface area contributed by atoms with Crippen LogP contribution in [0.25, 0.3) is 0 Å². The van der Waals surface area contributed by atoms with Crippen LogP contribution in [0.2, 0.25) is 0 Å². The largest absolute Gasteiger partial charge is 0.390 e. The van der Waals surface area contributed by atoms with Crippen LogP contribution in [0.1, 0.15) is 15.8 Å². The highest BCUT2D eigenvalue weighted by Gasteiger charge is 2.33. The van der Waals surface area contributed by atoms with Gasteiger partial charge in [0, 0.05) is 22.8 Å². The molecule has 0 bridgehead atoms. The minimum absolute atomic E-state index is 0.137. The summed E-state index contributed by atoms with van der Waals surface area (Å²) < 4.78 is 0. The van der Waals surface area contributed by atoms with E-state index in [9.17, 15) is 5.11 Å². The van der Waals surface area contributed by atoms with Crippen molar-refractivity contribution in [3.63, 3.8) is 0 Å². The van der Waals surface area contributed by atoms with Crippen LogP contribution in [0.5, 0.6) is 0 Å². The molecule has 1 aliphatic heterocycles. The molecule has 0 spiro atoms. The lowest BCUT2D eigenvalue weighted by molar-refractivity contribution is -0.0146. The Labute approximate surface area is 103 Å². The highest BCUT2D eigenvalue weighted by Crippen LogP contribution is 2.36. The average molecular weight is 251 g/mol. The Balaban J connectivity index is 1.90. The summed E-state index contributed by atoms with van der Waals surface area (Å²) >= 11 is 3.58. The fraction of sp³-hybridized carbons (Fsp3) is 0.333. The van der Waals surface area contributed by atoms with Gasteiger partial charge in [0.2, 0.25) is 0 Å². The van der Waals surface area contributed by atoms with Crippen LogP contribution < -0.4 is 0 Å². The molecule has 2 aromatic rings. The van der Waals surface area contributed by atoms with Crippen LogP contribution in [0.15, 0.2) is 35.0 Å². The molecule has 4 heteroatoms. The van der Waals surface area contributed by atoms with Gasteiger partial charge in [-0.1, -0.05) is 12.1 Å². The molecule has 1 saturated heterocycles. The van der Waals surface area contributed by atoms with E-state index in [0.717, 1.165) is 13.1 Å². The Hall–Kier alpha value is -0.680. The highest BCUT2D eigenvalue weighted by molar-refractivity contribution is 7.11. The van der Waals surface area contributed by atoms with Crippen molar-refractivity contribution < 1.29 is 5.11 Å². The van der Waals surface area contributed by atoms with Gasteiger partial charge >= 0.3 is 0 Å². The Bertz CT molecular complexity index is 397. The minimum Gasteiger partial charge on any atom is -0.390 e. The van der Waals surface area contributed by atoms with Crippen LogP contribution in [0.4, 0.5) is 0 Å². The second-order valence-corrected chi connectivity index (χ2v) is 6.00. The fourth-order valence-corrected chi connectivity index (χ4v) is 3.92. The van der Waals surface area contributed by atoms with Crippen molar-refractivity contribution in [2.24, 2.45) is 0 Å². The van der Waals surface area contributed by atoms with Crippen LogP contribution in [-0.2, 0) is 0 Å². The smallest absolute Gasteiger partial charge is 0.0794 e. The molecule has 2 aromatic heterocycles. The van der Waals surface area contributed by atoms with Crippen molar-refractivity contribution in [3.8, 4) is 0 Å². The van der Waals surface area contributed by atoms with Crippen LogP contribution in [0, 0.1) is 0 Å². The normalized spacial score (nSPS) is 17.9. The molecule has 3 heterocycles. The lowest BCUT2D eigenvalue weighted by Gasteiger charge is -2.41. The number of likely N-dealkylation sites (tertiary alicyclic amines) is 1. The first-order valence-electron chi connectivity index (χ1n) is 5.33. The maximum atomic E-state index is 9.43. The molecular weight excluding hydrogens is 238 g/mol. The first-order valence-corrected chi connectivity index (χ1v) is 7.09. The van der Waals surface area contributed by atoms with Gasteiger partial charge in [-0.25, -0.2) is 0 Å².